The Morgan fingerprint density at radius 2 is 1.35 bits per heavy atom. The fraction of sp³-hybridized carbons (Fsp3) is 0.0909. The summed E-state index contributed by atoms with van der Waals surface area (Å²) in [4.78, 5) is 23.9. The van der Waals surface area contributed by atoms with Gasteiger partial charge in [0.05, 0.1) is 11.1 Å². The Morgan fingerprint density at radius 1 is 0.882 bits per heavy atom. The summed E-state index contributed by atoms with van der Waals surface area (Å²) in [6, 6.07) is 1.54. The van der Waals surface area contributed by atoms with E-state index in [-0.39, 0.29) is 33.9 Å². The van der Waals surface area contributed by atoms with Crippen LogP contribution in [0.25, 0.3) is 0 Å². The molecule has 1 aliphatic carbocycles. The summed E-state index contributed by atoms with van der Waals surface area (Å²) in [6.07, 6.45) is 0. The molecule has 0 aliphatic heterocycles. The van der Waals surface area contributed by atoms with Gasteiger partial charge in [-0.05, 0) is 18.6 Å². The molecule has 8 N–H and O–H groups in total. The van der Waals surface area contributed by atoms with Gasteiger partial charge in [-0.25, -0.2) is 0 Å². The molecule has 0 unspecified atom stereocenters. The van der Waals surface area contributed by atoms with Gasteiger partial charge in [-0.2, -0.15) is 0 Å². The summed E-state index contributed by atoms with van der Waals surface area (Å²) >= 11 is 0. The molecule has 0 amide bonds. The van der Waals surface area contributed by atoms with Crippen LogP contribution < -0.4 is 22.9 Å². The highest BCUT2D eigenvalue weighted by molar-refractivity contribution is 6.29. The summed E-state index contributed by atoms with van der Waals surface area (Å²) in [5, 5.41) is 0. The van der Waals surface area contributed by atoms with Gasteiger partial charge in [0.25, 0.3) is 0 Å². The zero-order chi connectivity index (χ0) is 12.9. The molecule has 0 heterocycles. The number of nitrogen functional groups attached to an aromatic ring is 2. The molecule has 1 aromatic rings. The first-order chi connectivity index (χ1) is 7.86. The Bertz CT molecular complexity index is 602. The summed E-state index contributed by atoms with van der Waals surface area (Å²) < 4.78 is 0. The molecule has 88 valence electrons. The van der Waals surface area contributed by atoms with E-state index in [0.29, 0.717) is 5.56 Å². The van der Waals surface area contributed by atoms with Crippen molar-refractivity contribution < 1.29 is 9.59 Å². The van der Waals surface area contributed by atoms with Crippen molar-refractivity contribution in [2.75, 3.05) is 11.5 Å². The number of benzene rings is 1. The molecule has 2 rings (SSSR count). The third kappa shape index (κ3) is 1.27. The summed E-state index contributed by atoms with van der Waals surface area (Å²) in [5.74, 6) is -1.11. The van der Waals surface area contributed by atoms with E-state index < -0.39 is 11.6 Å². The van der Waals surface area contributed by atoms with Crippen LogP contribution in [0.4, 0.5) is 11.4 Å². The monoisotopic (exact) mass is 232 g/mol. The average molecular weight is 232 g/mol. The Morgan fingerprint density at radius 3 is 1.88 bits per heavy atom. The van der Waals surface area contributed by atoms with Crippen molar-refractivity contribution in [3.63, 3.8) is 0 Å². The number of aryl methyl sites for hydroxylation is 1. The predicted octanol–water partition coefficient (Wildman–Crippen LogP) is -0.333. The maximum absolute atomic E-state index is 11.9. The molecule has 17 heavy (non-hydrogen) atoms. The number of carbonyl (C=O) groups excluding carboxylic acids is 2. The second-order valence-electron chi connectivity index (χ2n) is 3.93. The van der Waals surface area contributed by atoms with Gasteiger partial charge in [-0.3, -0.25) is 9.59 Å². The van der Waals surface area contributed by atoms with Gasteiger partial charge in [0, 0.05) is 11.4 Å². The fourth-order valence-electron chi connectivity index (χ4n) is 1.85. The van der Waals surface area contributed by atoms with E-state index in [2.05, 4.69) is 0 Å². The lowest BCUT2D eigenvalue weighted by atomic mass is 9.87. The Kier molecular flexibility index (Phi) is 2.10. The number of ketones is 2. The highest BCUT2D eigenvalue weighted by Crippen LogP contribution is 2.33. The number of rotatable bonds is 0. The van der Waals surface area contributed by atoms with Crippen molar-refractivity contribution in [1.29, 1.82) is 0 Å². The average Bonchev–Trinajstić information content (AvgIpc) is 2.28. The maximum atomic E-state index is 11.9. The van der Waals surface area contributed by atoms with Crippen LogP contribution in [-0.2, 0) is 0 Å². The van der Waals surface area contributed by atoms with Gasteiger partial charge in [0.1, 0.15) is 11.4 Å². The normalized spacial score (nSPS) is 15.1. The van der Waals surface area contributed by atoms with Gasteiger partial charge < -0.3 is 22.9 Å². The number of anilines is 2. The third-order valence-electron chi connectivity index (χ3n) is 2.84. The minimum Gasteiger partial charge on any atom is -0.398 e. The van der Waals surface area contributed by atoms with Crippen LogP contribution in [0.5, 0.6) is 0 Å². The topological polar surface area (TPSA) is 138 Å². The molecule has 0 radical (unpaired) electrons. The molecule has 6 heteroatoms. The molecule has 0 bridgehead atoms. The first-order valence-electron chi connectivity index (χ1n) is 4.89. The molecular formula is C11H12N4O2. The quantitative estimate of drug-likeness (QED) is 0.452. The van der Waals surface area contributed by atoms with E-state index in [0.717, 1.165) is 0 Å². The van der Waals surface area contributed by atoms with Crippen LogP contribution >= 0.6 is 0 Å². The molecule has 0 saturated heterocycles. The van der Waals surface area contributed by atoms with Crippen LogP contribution in [0.15, 0.2) is 17.5 Å². The number of nitrogens with two attached hydrogens (primary N) is 4. The largest absolute Gasteiger partial charge is 0.398 e. The van der Waals surface area contributed by atoms with Gasteiger partial charge in [-0.1, -0.05) is 0 Å². The van der Waals surface area contributed by atoms with Crippen LogP contribution in [0, 0.1) is 6.92 Å². The van der Waals surface area contributed by atoms with Crippen molar-refractivity contribution in [1.82, 2.24) is 0 Å². The fourth-order valence-corrected chi connectivity index (χ4v) is 1.85. The third-order valence-corrected chi connectivity index (χ3v) is 2.84. The molecule has 0 saturated carbocycles. The summed E-state index contributed by atoms with van der Waals surface area (Å²) in [6.45, 7) is 1.70. The first-order valence-corrected chi connectivity index (χ1v) is 4.89. The van der Waals surface area contributed by atoms with Crippen molar-refractivity contribution >= 4 is 22.9 Å². The number of hydrogen-bond acceptors (Lipinski definition) is 6. The van der Waals surface area contributed by atoms with E-state index in [9.17, 15) is 9.59 Å². The van der Waals surface area contributed by atoms with E-state index in [1.54, 1.807) is 6.92 Å². The minimum absolute atomic E-state index is 0.0461. The first kappa shape index (κ1) is 11.0. The summed E-state index contributed by atoms with van der Waals surface area (Å²) in [5.41, 5.74) is 23.0. The smallest absolute Gasteiger partial charge is 0.213 e. The van der Waals surface area contributed by atoms with E-state index >= 15 is 0 Å². The van der Waals surface area contributed by atoms with Crippen molar-refractivity contribution in [3.05, 3.63) is 34.2 Å². The number of Topliss-reactive ketones (excluding diaryl/α,β-unsaturated/α-hetero) is 2. The zero-order valence-corrected chi connectivity index (χ0v) is 9.20. The highest BCUT2D eigenvalue weighted by Gasteiger charge is 2.33. The molecule has 6 nitrogen and oxygen atoms in total. The Balaban J connectivity index is 2.90. The molecule has 0 spiro atoms. The van der Waals surface area contributed by atoms with Crippen LogP contribution in [0.2, 0.25) is 0 Å². The summed E-state index contributed by atoms with van der Waals surface area (Å²) in [7, 11) is 0. The standard InChI is InChI=1S/C11H12N4O2/c1-3-2-4(12)5-6(7(3)13)11(17)9(15)8(14)10(5)16/h2H,12-15H2,1H3. The SMILES string of the molecule is Cc1cc(N)c2c(c1N)C(=O)C(N)=C(N)C2=O. The Labute approximate surface area is 97.2 Å². The lowest BCUT2D eigenvalue weighted by molar-refractivity contribution is 0.0973. The number of carbonyl (C=O) groups is 2. The molecule has 0 atom stereocenters. The van der Waals surface area contributed by atoms with Gasteiger partial charge in [0.2, 0.25) is 11.6 Å². The lowest BCUT2D eigenvalue weighted by Gasteiger charge is -2.20. The van der Waals surface area contributed by atoms with Gasteiger partial charge >= 0.3 is 0 Å². The number of hydrogen-bond donors (Lipinski definition) is 4. The van der Waals surface area contributed by atoms with Gasteiger partial charge in [0.15, 0.2) is 0 Å². The zero-order valence-electron chi connectivity index (χ0n) is 9.20. The van der Waals surface area contributed by atoms with E-state index in [1.165, 1.54) is 6.07 Å². The van der Waals surface area contributed by atoms with Crippen LogP contribution in [-0.4, -0.2) is 11.6 Å². The van der Waals surface area contributed by atoms with Crippen LogP contribution in [0.3, 0.4) is 0 Å². The highest BCUT2D eigenvalue weighted by atomic mass is 16.1. The molecule has 1 aliphatic rings. The molecule has 0 fully saturated rings. The van der Waals surface area contributed by atoms with Crippen LogP contribution in [0.1, 0.15) is 26.3 Å². The predicted molar refractivity (Wildman–Crippen MR) is 64.1 cm³/mol. The molecule has 1 aromatic carbocycles. The van der Waals surface area contributed by atoms with E-state index in [4.69, 9.17) is 22.9 Å². The maximum Gasteiger partial charge on any atom is 0.213 e. The second-order valence-corrected chi connectivity index (χ2v) is 3.93. The minimum atomic E-state index is -0.554. The van der Waals surface area contributed by atoms with Gasteiger partial charge in [-0.15, -0.1) is 0 Å². The lowest BCUT2D eigenvalue weighted by Crippen LogP contribution is -2.32. The Hall–Kier alpha value is -2.50. The van der Waals surface area contributed by atoms with Crippen molar-refractivity contribution in [3.8, 4) is 0 Å². The number of fused-ring (bicyclic) bond motifs is 1. The molecule has 0 aromatic heterocycles. The molecular weight excluding hydrogens is 220 g/mol. The van der Waals surface area contributed by atoms with E-state index in [1.807, 2.05) is 0 Å². The second kappa shape index (κ2) is 3.24. The number of allylic oxidation sites excluding steroid dienone is 2. The van der Waals surface area contributed by atoms with Crippen molar-refractivity contribution in [2.45, 2.75) is 6.92 Å². The van der Waals surface area contributed by atoms with Crippen molar-refractivity contribution in [2.24, 2.45) is 11.5 Å².